The van der Waals surface area contributed by atoms with Crippen molar-refractivity contribution in [1.29, 1.82) is 0 Å². The Kier molecular flexibility index (Phi) is 6.81. The number of halogens is 1. The summed E-state index contributed by atoms with van der Waals surface area (Å²) in [5.41, 5.74) is 2.76. The normalized spacial score (nSPS) is 14.2. The topological polar surface area (TPSA) is 92.3 Å². The maximum atomic E-state index is 13.3. The first-order valence-corrected chi connectivity index (χ1v) is 12.6. The summed E-state index contributed by atoms with van der Waals surface area (Å²) in [7, 11) is -3.79. The zero-order valence-electron chi connectivity index (χ0n) is 17.8. The smallest absolute Gasteiger partial charge is 0.228 e. The first-order chi connectivity index (χ1) is 15.8. The van der Waals surface area contributed by atoms with E-state index >= 15 is 0 Å². The van der Waals surface area contributed by atoms with Gasteiger partial charge in [0, 0.05) is 23.7 Å². The minimum atomic E-state index is -3.79. The molecule has 0 aromatic heterocycles. The Morgan fingerprint density at radius 1 is 1.00 bits per heavy atom. The van der Waals surface area contributed by atoms with Crippen molar-refractivity contribution in [2.75, 3.05) is 11.1 Å². The molecule has 1 aliphatic rings. The number of fused-ring (bicyclic) bond motifs is 1. The Bertz CT molecular complexity index is 1290. The molecule has 0 fully saturated rings. The molecule has 2 amide bonds. The van der Waals surface area contributed by atoms with Gasteiger partial charge in [0.05, 0.1) is 16.6 Å². The summed E-state index contributed by atoms with van der Waals surface area (Å²) in [5, 5.41) is 6.11. The van der Waals surface area contributed by atoms with Crippen molar-refractivity contribution in [1.82, 2.24) is 5.32 Å². The SMILES string of the molecule is O=C1CCc2cc(S(=O)(=O)CC(C(=O)NCc3ccccc3Cl)c3ccccc3)ccc2N1. The van der Waals surface area contributed by atoms with Gasteiger partial charge in [-0.25, -0.2) is 8.42 Å². The quantitative estimate of drug-likeness (QED) is 0.530. The number of amides is 2. The lowest BCUT2D eigenvalue weighted by Gasteiger charge is -2.20. The lowest BCUT2D eigenvalue weighted by molar-refractivity contribution is -0.122. The van der Waals surface area contributed by atoms with E-state index in [2.05, 4.69) is 10.6 Å². The Hall–Kier alpha value is -3.16. The lowest BCUT2D eigenvalue weighted by atomic mass is 10.00. The predicted molar refractivity (Wildman–Crippen MR) is 128 cm³/mol. The van der Waals surface area contributed by atoms with Crippen molar-refractivity contribution < 1.29 is 18.0 Å². The summed E-state index contributed by atoms with van der Waals surface area (Å²) in [5.74, 6) is -1.75. The van der Waals surface area contributed by atoms with Gasteiger partial charge in [-0.2, -0.15) is 0 Å². The van der Waals surface area contributed by atoms with Gasteiger partial charge in [0.1, 0.15) is 0 Å². The van der Waals surface area contributed by atoms with E-state index in [4.69, 9.17) is 11.6 Å². The van der Waals surface area contributed by atoms with Gasteiger partial charge in [0.2, 0.25) is 11.8 Å². The van der Waals surface area contributed by atoms with Crippen LogP contribution in [0.15, 0.2) is 77.7 Å². The number of sulfone groups is 1. The van der Waals surface area contributed by atoms with Gasteiger partial charge < -0.3 is 10.6 Å². The minimum Gasteiger partial charge on any atom is -0.351 e. The number of nitrogens with one attached hydrogen (secondary N) is 2. The van der Waals surface area contributed by atoms with Gasteiger partial charge in [-0.1, -0.05) is 60.1 Å². The van der Waals surface area contributed by atoms with Crippen LogP contribution in [0.25, 0.3) is 0 Å². The molecule has 4 rings (SSSR count). The molecule has 1 heterocycles. The van der Waals surface area contributed by atoms with Crippen LogP contribution in [-0.2, 0) is 32.4 Å². The van der Waals surface area contributed by atoms with Gasteiger partial charge in [0.25, 0.3) is 0 Å². The van der Waals surface area contributed by atoms with E-state index in [-0.39, 0.29) is 23.1 Å². The van der Waals surface area contributed by atoms with Crippen LogP contribution < -0.4 is 10.6 Å². The highest BCUT2D eigenvalue weighted by Gasteiger charge is 2.29. The van der Waals surface area contributed by atoms with Gasteiger partial charge in [0.15, 0.2) is 9.84 Å². The second kappa shape index (κ2) is 9.77. The molecule has 3 aromatic carbocycles. The largest absolute Gasteiger partial charge is 0.351 e. The lowest BCUT2D eigenvalue weighted by Crippen LogP contribution is -2.33. The fourth-order valence-corrected chi connectivity index (χ4v) is 5.60. The number of hydrogen-bond acceptors (Lipinski definition) is 4. The maximum absolute atomic E-state index is 13.3. The molecule has 8 heteroatoms. The highest BCUT2D eigenvalue weighted by molar-refractivity contribution is 7.91. The average Bonchev–Trinajstić information content (AvgIpc) is 2.82. The highest BCUT2D eigenvalue weighted by Crippen LogP contribution is 2.28. The molecule has 1 unspecified atom stereocenters. The number of anilines is 1. The maximum Gasteiger partial charge on any atom is 0.228 e. The van der Waals surface area contributed by atoms with Crippen molar-refractivity contribution in [3.63, 3.8) is 0 Å². The van der Waals surface area contributed by atoms with Crippen LogP contribution in [0.4, 0.5) is 5.69 Å². The van der Waals surface area contributed by atoms with E-state index in [9.17, 15) is 18.0 Å². The van der Waals surface area contributed by atoms with E-state index < -0.39 is 21.7 Å². The molecule has 0 saturated heterocycles. The number of hydrogen-bond donors (Lipinski definition) is 2. The van der Waals surface area contributed by atoms with Crippen molar-refractivity contribution in [2.45, 2.75) is 30.2 Å². The highest BCUT2D eigenvalue weighted by atomic mass is 35.5. The van der Waals surface area contributed by atoms with E-state index in [1.54, 1.807) is 48.5 Å². The van der Waals surface area contributed by atoms with Crippen molar-refractivity contribution in [3.8, 4) is 0 Å². The van der Waals surface area contributed by atoms with Crippen LogP contribution in [0, 0.1) is 0 Å². The van der Waals surface area contributed by atoms with Crippen LogP contribution in [0.5, 0.6) is 0 Å². The number of aryl methyl sites for hydroxylation is 1. The molecule has 2 N–H and O–H groups in total. The fourth-order valence-electron chi connectivity index (χ4n) is 3.82. The van der Waals surface area contributed by atoms with Crippen LogP contribution in [0.2, 0.25) is 5.02 Å². The summed E-state index contributed by atoms with van der Waals surface area (Å²) >= 11 is 6.18. The second-order valence-electron chi connectivity index (χ2n) is 7.92. The third-order valence-corrected chi connectivity index (χ3v) is 7.76. The van der Waals surface area contributed by atoms with Crippen molar-refractivity contribution >= 4 is 38.9 Å². The summed E-state index contributed by atoms with van der Waals surface area (Å²) in [6.45, 7) is 0.195. The molecular formula is C25H23ClN2O4S. The van der Waals surface area contributed by atoms with E-state index in [0.717, 1.165) is 11.1 Å². The van der Waals surface area contributed by atoms with Crippen LogP contribution >= 0.6 is 11.6 Å². The Balaban J connectivity index is 1.58. The van der Waals surface area contributed by atoms with E-state index in [0.29, 0.717) is 29.1 Å². The molecule has 0 radical (unpaired) electrons. The standard InChI is InChI=1S/C25H23ClN2O4S/c26-22-9-5-4-8-19(22)15-27-25(30)21(17-6-2-1-3-7-17)16-33(31,32)20-11-12-23-18(14-20)10-13-24(29)28-23/h1-9,11-12,14,21H,10,13,15-16H2,(H,27,30)(H,28,29). The molecule has 33 heavy (non-hydrogen) atoms. The van der Waals surface area contributed by atoms with Crippen LogP contribution in [0.1, 0.15) is 29.0 Å². The average molecular weight is 483 g/mol. The van der Waals surface area contributed by atoms with Crippen LogP contribution in [-0.4, -0.2) is 26.0 Å². The zero-order chi connectivity index (χ0) is 23.4. The summed E-state index contributed by atoms with van der Waals surface area (Å²) < 4.78 is 26.6. The van der Waals surface area contributed by atoms with Crippen molar-refractivity contribution in [3.05, 3.63) is 94.5 Å². The second-order valence-corrected chi connectivity index (χ2v) is 10.4. The van der Waals surface area contributed by atoms with Crippen LogP contribution in [0.3, 0.4) is 0 Å². The summed E-state index contributed by atoms with van der Waals surface area (Å²) in [6.07, 6.45) is 0.790. The molecule has 0 saturated carbocycles. The molecule has 170 valence electrons. The van der Waals surface area contributed by atoms with Gasteiger partial charge >= 0.3 is 0 Å². The third kappa shape index (κ3) is 5.43. The van der Waals surface area contributed by atoms with Gasteiger partial charge in [-0.15, -0.1) is 0 Å². The third-order valence-electron chi connectivity index (χ3n) is 5.65. The molecule has 0 aliphatic carbocycles. The van der Waals surface area contributed by atoms with Crippen molar-refractivity contribution in [2.24, 2.45) is 0 Å². The zero-order valence-corrected chi connectivity index (χ0v) is 19.3. The first-order valence-electron chi connectivity index (χ1n) is 10.5. The molecule has 3 aromatic rings. The number of benzene rings is 3. The molecule has 0 bridgehead atoms. The molecule has 0 spiro atoms. The summed E-state index contributed by atoms with van der Waals surface area (Å²) in [4.78, 5) is 24.9. The predicted octanol–water partition coefficient (Wildman–Crippen LogP) is 4.10. The number of rotatable bonds is 7. The number of carbonyl (C=O) groups is 2. The fraction of sp³-hybridized carbons (Fsp3) is 0.200. The van der Waals surface area contributed by atoms with E-state index in [1.165, 1.54) is 6.07 Å². The monoisotopic (exact) mass is 482 g/mol. The summed E-state index contributed by atoms with van der Waals surface area (Å²) in [6, 6.07) is 20.7. The van der Waals surface area contributed by atoms with E-state index in [1.807, 2.05) is 18.2 Å². The molecular weight excluding hydrogens is 460 g/mol. The number of carbonyl (C=O) groups excluding carboxylic acids is 2. The molecule has 1 atom stereocenters. The Morgan fingerprint density at radius 3 is 2.48 bits per heavy atom. The molecule has 6 nitrogen and oxygen atoms in total. The Labute approximate surface area is 197 Å². The Morgan fingerprint density at radius 2 is 1.73 bits per heavy atom. The molecule has 1 aliphatic heterocycles. The van der Waals surface area contributed by atoms with Gasteiger partial charge in [-0.05, 0) is 47.4 Å². The minimum absolute atomic E-state index is 0.0857. The van der Waals surface area contributed by atoms with Gasteiger partial charge in [-0.3, -0.25) is 9.59 Å². The first kappa shape index (κ1) is 23.0.